The zero-order chi connectivity index (χ0) is 15.8. The van der Waals surface area contributed by atoms with Gasteiger partial charge in [0.1, 0.15) is 17.1 Å². The summed E-state index contributed by atoms with van der Waals surface area (Å²) in [5.41, 5.74) is 2.23. The number of para-hydroxylation sites is 1. The Kier molecular flexibility index (Phi) is 3.37. The van der Waals surface area contributed by atoms with Crippen LogP contribution in [0.3, 0.4) is 0 Å². The van der Waals surface area contributed by atoms with Gasteiger partial charge in [0.15, 0.2) is 5.58 Å². The van der Waals surface area contributed by atoms with E-state index in [1.54, 1.807) is 0 Å². The highest BCUT2D eigenvalue weighted by Crippen LogP contribution is 2.32. The second-order valence-corrected chi connectivity index (χ2v) is 5.91. The maximum Gasteiger partial charge on any atom is 0.229 e. The minimum absolute atomic E-state index is 0.00175. The molecular weight excluding hydrogens is 294 g/mol. The summed E-state index contributed by atoms with van der Waals surface area (Å²) in [6.07, 6.45) is 2.13. The lowest BCUT2D eigenvalue weighted by Crippen LogP contribution is -2.32. The number of aryl methyl sites for hydroxylation is 1. The van der Waals surface area contributed by atoms with Gasteiger partial charge in [-0.1, -0.05) is 22.4 Å². The van der Waals surface area contributed by atoms with Gasteiger partial charge in [0.2, 0.25) is 5.91 Å². The molecule has 0 bridgehead atoms. The standard InChI is InChI=1S/C17H17N3O3/c1-11-9-14(19-22-11)15-6-4-8-20(15)17(21)10-13-12-5-2-3-7-16(12)23-18-13/h2-3,5,7,9,15H,4,6,8,10H2,1H3. The topological polar surface area (TPSA) is 72.4 Å². The largest absolute Gasteiger partial charge is 0.361 e. The van der Waals surface area contributed by atoms with E-state index in [9.17, 15) is 4.79 Å². The number of fused-ring (bicyclic) bond motifs is 1. The molecule has 1 aliphatic rings. The van der Waals surface area contributed by atoms with Crippen LogP contribution in [-0.2, 0) is 11.2 Å². The third kappa shape index (κ3) is 2.50. The Morgan fingerprint density at radius 2 is 2.17 bits per heavy atom. The van der Waals surface area contributed by atoms with Gasteiger partial charge in [-0.05, 0) is 31.9 Å². The van der Waals surface area contributed by atoms with Crippen LogP contribution in [0.4, 0.5) is 0 Å². The molecular formula is C17H17N3O3. The Morgan fingerprint density at radius 3 is 3.00 bits per heavy atom. The van der Waals surface area contributed by atoms with Gasteiger partial charge >= 0.3 is 0 Å². The zero-order valence-electron chi connectivity index (χ0n) is 12.9. The predicted octanol–water partition coefficient (Wildman–Crippen LogP) is 3.03. The average molecular weight is 311 g/mol. The van der Waals surface area contributed by atoms with Crippen LogP contribution in [0.5, 0.6) is 0 Å². The van der Waals surface area contributed by atoms with Gasteiger partial charge in [-0.15, -0.1) is 0 Å². The second kappa shape index (κ2) is 5.53. The Morgan fingerprint density at radius 1 is 1.30 bits per heavy atom. The van der Waals surface area contributed by atoms with Crippen molar-refractivity contribution < 1.29 is 13.8 Å². The molecule has 0 spiro atoms. The summed E-state index contributed by atoms with van der Waals surface area (Å²) in [6, 6.07) is 9.50. The van der Waals surface area contributed by atoms with Crippen molar-refractivity contribution in [2.24, 2.45) is 0 Å². The summed E-state index contributed by atoms with van der Waals surface area (Å²) in [7, 11) is 0. The summed E-state index contributed by atoms with van der Waals surface area (Å²) in [6.45, 7) is 2.60. The van der Waals surface area contributed by atoms with E-state index >= 15 is 0 Å². The summed E-state index contributed by atoms with van der Waals surface area (Å²) in [4.78, 5) is 14.6. The van der Waals surface area contributed by atoms with Crippen LogP contribution in [0.25, 0.3) is 11.0 Å². The zero-order valence-corrected chi connectivity index (χ0v) is 12.9. The van der Waals surface area contributed by atoms with Crippen LogP contribution >= 0.6 is 0 Å². The summed E-state index contributed by atoms with van der Waals surface area (Å²) in [5.74, 6) is 0.814. The van der Waals surface area contributed by atoms with Crippen molar-refractivity contribution >= 4 is 16.9 Å². The third-order valence-corrected chi connectivity index (χ3v) is 4.33. The number of likely N-dealkylation sites (tertiary alicyclic amines) is 1. The van der Waals surface area contributed by atoms with E-state index in [4.69, 9.17) is 9.05 Å². The van der Waals surface area contributed by atoms with Gasteiger partial charge < -0.3 is 13.9 Å². The number of aromatic nitrogens is 2. The van der Waals surface area contributed by atoms with Crippen molar-refractivity contribution in [3.63, 3.8) is 0 Å². The first-order valence-corrected chi connectivity index (χ1v) is 7.78. The fourth-order valence-corrected chi connectivity index (χ4v) is 3.23. The number of carbonyl (C=O) groups excluding carboxylic acids is 1. The fourth-order valence-electron chi connectivity index (χ4n) is 3.23. The van der Waals surface area contributed by atoms with Crippen molar-refractivity contribution in [2.75, 3.05) is 6.54 Å². The molecule has 6 nitrogen and oxygen atoms in total. The molecule has 0 saturated carbocycles. The van der Waals surface area contributed by atoms with E-state index < -0.39 is 0 Å². The van der Waals surface area contributed by atoms with Gasteiger partial charge in [0.25, 0.3) is 0 Å². The fraction of sp³-hybridized carbons (Fsp3) is 0.353. The minimum Gasteiger partial charge on any atom is -0.361 e. The Labute approximate surface area is 133 Å². The molecule has 1 amide bonds. The van der Waals surface area contributed by atoms with E-state index in [0.717, 1.165) is 36.2 Å². The van der Waals surface area contributed by atoms with Crippen molar-refractivity contribution in [1.82, 2.24) is 15.2 Å². The molecule has 1 fully saturated rings. The SMILES string of the molecule is Cc1cc(C2CCCN2C(=O)Cc2noc3ccccc23)no1. The lowest BCUT2D eigenvalue weighted by atomic mass is 10.1. The van der Waals surface area contributed by atoms with Crippen molar-refractivity contribution in [1.29, 1.82) is 0 Å². The highest BCUT2D eigenvalue weighted by Gasteiger charge is 2.32. The molecule has 4 rings (SSSR count). The Hall–Kier alpha value is -2.63. The van der Waals surface area contributed by atoms with E-state index in [2.05, 4.69) is 10.3 Å². The van der Waals surface area contributed by atoms with E-state index in [1.165, 1.54) is 0 Å². The third-order valence-electron chi connectivity index (χ3n) is 4.33. The smallest absolute Gasteiger partial charge is 0.229 e. The molecule has 6 heteroatoms. The van der Waals surface area contributed by atoms with Crippen LogP contribution < -0.4 is 0 Å². The number of hydrogen-bond donors (Lipinski definition) is 0. The molecule has 0 aliphatic carbocycles. The normalized spacial score (nSPS) is 18.0. The van der Waals surface area contributed by atoms with Gasteiger partial charge in [-0.3, -0.25) is 4.79 Å². The molecule has 1 unspecified atom stereocenters. The highest BCUT2D eigenvalue weighted by molar-refractivity contribution is 5.86. The van der Waals surface area contributed by atoms with Crippen molar-refractivity contribution in [3.05, 3.63) is 47.5 Å². The molecule has 1 saturated heterocycles. The second-order valence-electron chi connectivity index (χ2n) is 5.91. The molecule has 3 aromatic rings. The number of nitrogens with zero attached hydrogens (tertiary/aromatic N) is 3. The summed E-state index contributed by atoms with van der Waals surface area (Å²) >= 11 is 0. The van der Waals surface area contributed by atoms with Crippen LogP contribution in [0.2, 0.25) is 0 Å². The molecule has 1 aliphatic heterocycles. The number of hydrogen-bond acceptors (Lipinski definition) is 5. The Balaban J connectivity index is 1.56. The van der Waals surface area contributed by atoms with E-state index in [1.807, 2.05) is 42.2 Å². The molecule has 1 atom stereocenters. The van der Waals surface area contributed by atoms with Gasteiger partial charge in [-0.25, -0.2) is 0 Å². The molecule has 0 radical (unpaired) electrons. The van der Waals surface area contributed by atoms with Gasteiger partial charge in [0, 0.05) is 18.0 Å². The van der Waals surface area contributed by atoms with E-state index in [-0.39, 0.29) is 18.4 Å². The summed E-state index contributed by atoms with van der Waals surface area (Å²) in [5, 5.41) is 9.02. The number of amides is 1. The van der Waals surface area contributed by atoms with Crippen molar-refractivity contribution in [2.45, 2.75) is 32.2 Å². The quantitative estimate of drug-likeness (QED) is 0.743. The van der Waals surface area contributed by atoms with Crippen LogP contribution in [0.1, 0.15) is 36.0 Å². The first-order valence-electron chi connectivity index (χ1n) is 7.78. The molecule has 3 heterocycles. The maximum atomic E-state index is 12.7. The molecule has 0 N–H and O–H groups in total. The Bertz CT molecular complexity index is 852. The first-order chi connectivity index (χ1) is 11.2. The minimum atomic E-state index is -0.00175. The molecule has 2 aromatic heterocycles. The van der Waals surface area contributed by atoms with Gasteiger partial charge in [-0.2, -0.15) is 0 Å². The summed E-state index contributed by atoms with van der Waals surface area (Å²) < 4.78 is 10.4. The number of rotatable bonds is 3. The maximum absolute atomic E-state index is 12.7. The van der Waals surface area contributed by atoms with Crippen LogP contribution in [0, 0.1) is 6.92 Å². The lowest BCUT2D eigenvalue weighted by Gasteiger charge is -2.22. The molecule has 23 heavy (non-hydrogen) atoms. The number of carbonyl (C=O) groups is 1. The monoisotopic (exact) mass is 311 g/mol. The molecule has 118 valence electrons. The molecule has 1 aromatic carbocycles. The lowest BCUT2D eigenvalue weighted by molar-refractivity contribution is -0.131. The van der Waals surface area contributed by atoms with Crippen LogP contribution in [-0.4, -0.2) is 27.7 Å². The highest BCUT2D eigenvalue weighted by atomic mass is 16.5. The first kappa shape index (κ1) is 14.0. The number of benzene rings is 1. The van der Waals surface area contributed by atoms with E-state index in [0.29, 0.717) is 11.3 Å². The van der Waals surface area contributed by atoms with Crippen LogP contribution in [0.15, 0.2) is 39.4 Å². The predicted molar refractivity (Wildman–Crippen MR) is 82.6 cm³/mol. The van der Waals surface area contributed by atoms with Gasteiger partial charge in [0.05, 0.1) is 12.5 Å². The average Bonchev–Trinajstić information content (AvgIpc) is 3.26. The van der Waals surface area contributed by atoms with Crippen molar-refractivity contribution in [3.8, 4) is 0 Å².